The molecule has 92 valence electrons. The van der Waals surface area contributed by atoms with E-state index in [0.717, 1.165) is 5.69 Å². The van der Waals surface area contributed by atoms with Gasteiger partial charge in [-0.1, -0.05) is 13.8 Å². The molecular formula is C11H15N3O3. The largest absolute Gasteiger partial charge is 0.481 e. The van der Waals surface area contributed by atoms with Gasteiger partial charge in [0.05, 0.1) is 11.8 Å². The van der Waals surface area contributed by atoms with Gasteiger partial charge >= 0.3 is 5.97 Å². The normalized spacial score (nSPS) is 22.5. The minimum absolute atomic E-state index is 0.265. The Kier molecular flexibility index (Phi) is 2.87. The van der Waals surface area contributed by atoms with Crippen LogP contribution in [-0.4, -0.2) is 27.2 Å². The molecule has 3 N–H and O–H groups in total. The number of nitrogens with one attached hydrogen (secondary N) is 2. The van der Waals surface area contributed by atoms with Gasteiger partial charge in [-0.2, -0.15) is 5.10 Å². The minimum atomic E-state index is -0.907. The van der Waals surface area contributed by atoms with Crippen LogP contribution in [0.3, 0.4) is 0 Å². The molecule has 17 heavy (non-hydrogen) atoms. The van der Waals surface area contributed by atoms with Crippen LogP contribution in [0.1, 0.15) is 31.9 Å². The summed E-state index contributed by atoms with van der Waals surface area (Å²) in [5.41, 5.74) is 0.936. The predicted molar refractivity (Wildman–Crippen MR) is 60.5 cm³/mol. The smallest absolute Gasteiger partial charge is 0.307 e. The lowest BCUT2D eigenvalue weighted by Crippen LogP contribution is -2.16. The maximum absolute atomic E-state index is 11.6. The fourth-order valence-corrected chi connectivity index (χ4v) is 1.67. The summed E-state index contributed by atoms with van der Waals surface area (Å²) in [7, 11) is 0. The molecule has 1 aliphatic carbocycles. The van der Waals surface area contributed by atoms with Crippen molar-refractivity contribution in [1.82, 2.24) is 10.2 Å². The fourth-order valence-electron chi connectivity index (χ4n) is 1.67. The lowest BCUT2D eigenvalue weighted by Gasteiger charge is -1.99. The van der Waals surface area contributed by atoms with Gasteiger partial charge in [0.1, 0.15) is 0 Å². The van der Waals surface area contributed by atoms with Crippen molar-refractivity contribution >= 4 is 17.7 Å². The molecule has 0 aromatic carbocycles. The zero-order chi connectivity index (χ0) is 12.6. The molecular weight excluding hydrogens is 222 g/mol. The third-order valence-electron chi connectivity index (χ3n) is 2.92. The predicted octanol–water partition coefficient (Wildman–Crippen LogP) is 1.19. The molecule has 2 rings (SSSR count). The van der Waals surface area contributed by atoms with Crippen LogP contribution in [0.4, 0.5) is 5.82 Å². The van der Waals surface area contributed by atoms with Crippen molar-refractivity contribution in [2.24, 2.45) is 11.8 Å². The molecule has 2 atom stereocenters. The third kappa shape index (κ3) is 2.46. The Labute approximate surface area is 98.4 Å². The van der Waals surface area contributed by atoms with Crippen LogP contribution in [0.2, 0.25) is 0 Å². The Morgan fingerprint density at radius 1 is 1.53 bits per heavy atom. The summed E-state index contributed by atoms with van der Waals surface area (Å²) >= 11 is 0. The second kappa shape index (κ2) is 4.20. The molecule has 1 aromatic heterocycles. The molecule has 1 aromatic rings. The monoisotopic (exact) mass is 237 g/mol. The van der Waals surface area contributed by atoms with Crippen molar-refractivity contribution in [2.75, 3.05) is 5.32 Å². The van der Waals surface area contributed by atoms with E-state index < -0.39 is 17.8 Å². The number of carboxylic acids is 1. The Bertz CT molecular complexity index is 453. The number of aliphatic carboxylic acids is 1. The van der Waals surface area contributed by atoms with Crippen LogP contribution in [0.25, 0.3) is 0 Å². The minimum Gasteiger partial charge on any atom is -0.481 e. The Balaban J connectivity index is 1.93. The Morgan fingerprint density at radius 3 is 2.71 bits per heavy atom. The van der Waals surface area contributed by atoms with Gasteiger partial charge < -0.3 is 10.4 Å². The number of aromatic nitrogens is 2. The highest BCUT2D eigenvalue weighted by atomic mass is 16.4. The van der Waals surface area contributed by atoms with Crippen LogP contribution in [0.5, 0.6) is 0 Å². The highest BCUT2D eigenvalue weighted by Gasteiger charge is 2.48. The third-order valence-corrected chi connectivity index (χ3v) is 2.92. The summed E-state index contributed by atoms with van der Waals surface area (Å²) in [6.45, 7) is 4.03. The number of anilines is 1. The van der Waals surface area contributed by atoms with Crippen molar-refractivity contribution in [3.63, 3.8) is 0 Å². The van der Waals surface area contributed by atoms with Crippen LogP contribution in [0, 0.1) is 11.8 Å². The maximum Gasteiger partial charge on any atom is 0.307 e. The van der Waals surface area contributed by atoms with E-state index in [1.54, 1.807) is 6.07 Å². The molecule has 1 heterocycles. The van der Waals surface area contributed by atoms with E-state index in [9.17, 15) is 9.59 Å². The fraction of sp³-hybridized carbons (Fsp3) is 0.545. The summed E-state index contributed by atoms with van der Waals surface area (Å²) in [5.74, 6) is -1.35. The number of nitrogens with zero attached hydrogens (tertiary/aromatic N) is 1. The first kappa shape index (κ1) is 11.6. The molecule has 0 bridgehead atoms. The van der Waals surface area contributed by atoms with E-state index in [1.807, 2.05) is 13.8 Å². The van der Waals surface area contributed by atoms with Crippen molar-refractivity contribution in [3.05, 3.63) is 11.8 Å². The van der Waals surface area contributed by atoms with E-state index in [2.05, 4.69) is 15.5 Å². The van der Waals surface area contributed by atoms with Gasteiger partial charge in [-0.25, -0.2) is 0 Å². The van der Waals surface area contributed by atoms with Gasteiger partial charge in [-0.05, 0) is 12.3 Å². The molecule has 6 nitrogen and oxygen atoms in total. The standard InChI is InChI=1S/C11H15N3O3/c1-5(2)8-4-9(14-13-8)12-10(15)6-3-7(6)11(16)17/h4-7H,3H2,1-2H3,(H,16,17)(H2,12,13,14,15)/t6-,7+/m1/s1. The number of H-pyrrole nitrogens is 1. The number of rotatable bonds is 4. The molecule has 1 aliphatic rings. The van der Waals surface area contributed by atoms with Gasteiger partial charge in [-0.3, -0.25) is 14.7 Å². The zero-order valence-electron chi connectivity index (χ0n) is 9.73. The number of hydrogen-bond acceptors (Lipinski definition) is 3. The number of carbonyl (C=O) groups is 2. The van der Waals surface area contributed by atoms with Crippen LogP contribution in [-0.2, 0) is 9.59 Å². The average Bonchev–Trinajstić information content (AvgIpc) is 2.93. The van der Waals surface area contributed by atoms with Crippen molar-refractivity contribution in [2.45, 2.75) is 26.2 Å². The van der Waals surface area contributed by atoms with Gasteiger partial charge in [0, 0.05) is 11.8 Å². The highest BCUT2D eigenvalue weighted by Crippen LogP contribution is 2.39. The molecule has 6 heteroatoms. The summed E-state index contributed by atoms with van der Waals surface area (Å²) in [6, 6.07) is 1.76. The van der Waals surface area contributed by atoms with E-state index >= 15 is 0 Å². The van der Waals surface area contributed by atoms with Crippen LogP contribution < -0.4 is 5.32 Å². The molecule has 0 saturated heterocycles. The molecule has 0 radical (unpaired) electrons. The summed E-state index contributed by atoms with van der Waals surface area (Å²) < 4.78 is 0. The first-order chi connectivity index (χ1) is 7.99. The zero-order valence-corrected chi connectivity index (χ0v) is 9.73. The van der Waals surface area contributed by atoms with Crippen LogP contribution in [0.15, 0.2) is 6.07 Å². The van der Waals surface area contributed by atoms with E-state index in [0.29, 0.717) is 18.2 Å². The molecule has 0 unspecified atom stereocenters. The maximum atomic E-state index is 11.6. The molecule has 0 aliphatic heterocycles. The summed E-state index contributed by atoms with van der Waals surface area (Å²) in [6.07, 6.45) is 0.419. The number of amides is 1. The second-order valence-electron chi connectivity index (χ2n) is 4.64. The topological polar surface area (TPSA) is 95.1 Å². The first-order valence-corrected chi connectivity index (χ1v) is 5.58. The summed E-state index contributed by atoms with van der Waals surface area (Å²) in [5, 5.41) is 18.1. The number of carbonyl (C=O) groups excluding carboxylic acids is 1. The number of aromatic amines is 1. The van der Waals surface area contributed by atoms with Gasteiger partial charge in [0.2, 0.25) is 5.91 Å². The second-order valence-corrected chi connectivity index (χ2v) is 4.64. The average molecular weight is 237 g/mol. The SMILES string of the molecule is CC(C)c1cc(NC(=O)[C@@H]2C[C@@H]2C(=O)O)n[nH]1. The number of hydrogen-bond donors (Lipinski definition) is 3. The molecule has 1 fully saturated rings. The summed E-state index contributed by atoms with van der Waals surface area (Å²) in [4.78, 5) is 22.3. The van der Waals surface area contributed by atoms with E-state index in [4.69, 9.17) is 5.11 Å². The van der Waals surface area contributed by atoms with E-state index in [1.165, 1.54) is 0 Å². The lowest BCUT2D eigenvalue weighted by atomic mass is 10.1. The van der Waals surface area contributed by atoms with Crippen LogP contribution >= 0.6 is 0 Å². The number of carboxylic acid groups (broad SMARTS) is 1. The van der Waals surface area contributed by atoms with E-state index in [-0.39, 0.29) is 5.91 Å². The van der Waals surface area contributed by atoms with Gasteiger partial charge in [0.25, 0.3) is 0 Å². The van der Waals surface area contributed by atoms with Crippen molar-refractivity contribution in [3.8, 4) is 0 Å². The van der Waals surface area contributed by atoms with Crippen molar-refractivity contribution in [1.29, 1.82) is 0 Å². The quantitative estimate of drug-likeness (QED) is 0.733. The van der Waals surface area contributed by atoms with Gasteiger partial charge in [0.15, 0.2) is 5.82 Å². The molecule has 0 spiro atoms. The lowest BCUT2D eigenvalue weighted by molar-refractivity contribution is -0.139. The highest BCUT2D eigenvalue weighted by molar-refractivity contribution is 5.97. The Morgan fingerprint density at radius 2 is 2.24 bits per heavy atom. The first-order valence-electron chi connectivity index (χ1n) is 5.58. The molecule has 1 saturated carbocycles. The Hall–Kier alpha value is -1.85. The molecule has 1 amide bonds. The van der Waals surface area contributed by atoms with Gasteiger partial charge in [-0.15, -0.1) is 0 Å². The van der Waals surface area contributed by atoms with Crippen molar-refractivity contribution < 1.29 is 14.7 Å².